The molecule has 124 valence electrons. The summed E-state index contributed by atoms with van der Waals surface area (Å²) in [6, 6.07) is 3.26. The van der Waals surface area contributed by atoms with E-state index in [1.54, 1.807) is 0 Å². The van der Waals surface area contributed by atoms with Gasteiger partial charge in [0.15, 0.2) is 0 Å². The van der Waals surface area contributed by atoms with Gasteiger partial charge in [0.1, 0.15) is 0 Å². The van der Waals surface area contributed by atoms with E-state index in [-0.39, 0.29) is 0 Å². The highest BCUT2D eigenvalue weighted by Crippen LogP contribution is 2.54. The normalized spacial score (nSPS) is 14.1. The number of halogens is 10. The van der Waals surface area contributed by atoms with Crippen LogP contribution in [0.15, 0.2) is 24.3 Å². The highest BCUT2D eigenvalue weighted by molar-refractivity contribution is 6.34. The van der Waals surface area contributed by atoms with Crippen molar-refractivity contribution in [2.45, 2.75) is 23.9 Å². The fourth-order valence-electron chi connectivity index (χ4n) is 1.33. The number of rotatable bonds is 4. The van der Waals surface area contributed by atoms with Gasteiger partial charge < -0.3 is 0 Å². The number of benzene rings is 1. The van der Waals surface area contributed by atoms with E-state index in [2.05, 4.69) is 0 Å². The summed E-state index contributed by atoms with van der Waals surface area (Å²) in [4.78, 5) is 11.3. The van der Waals surface area contributed by atoms with Gasteiger partial charge in [0.05, 0.1) is 5.02 Å². The molecule has 0 amide bonds. The first-order valence-electron chi connectivity index (χ1n) is 5.17. The van der Waals surface area contributed by atoms with E-state index in [4.69, 9.17) is 11.6 Å². The SMILES string of the molecule is O=C(c1ccccc1Cl)C(F)(F)C(F)(F)C(F)(F)C(F)(F)F. The van der Waals surface area contributed by atoms with Crippen LogP contribution in [0.5, 0.6) is 0 Å². The molecule has 0 heterocycles. The van der Waals surface area contributed by atoms with E-state index in [9.17, 15) is 44.3 Å². The van der Waals surface area contributed by atoms with Crippen molar-refractivity contribution in [2.75, 3.05) is 0 Å². The number of alkyl halides is 9. The summed E-state index contributed by atoms with van der Waals surface area (Å²) in [5.41, 5.74) is -1.31. The van der Waals surface area contributed by atoms with E-state index in [1.807, 2.05) is 0 Å². The van der Waals surface area contributed by atoms with E-state index >= 15 is 0 Å². The summed E-state index contributed by atoms with van der Waals surface area (Å²) < 4.78 is 114. The zero-order chi connectivity index (χ0) is 17.6. The van der Waals surface area contributed by atoms with Crippen LogP contribution in [0.1, 0.15) is 10.4 Å². The molecule has 0 saturated carbocycles. The van der Waals surface area contributed by atoms with Gasteiger partial charge in [-0.1, -0.05) is 23.7 Å². The smallest absolute Gasteiger partial charge is 0.287 e. The first-order valence-corrected chi connectivity index (χ1v) is 5.55. The first-order chi connectivity index (χ1) is 9.68. The van der Waals surface area contributed by atoms with Crippen molar-refractivity contribution in [2.24, 2.45) is 0 Å². The van der Waals surface area contributed by atoms with E-state index < -0.39 is 40.3 Å². The topological polar surface area (TPSA) is 17.1 Å². The molecule has 22 heavy (non-hydrogen) atoms. The van der Waals surface area contributed by atoms with Crippen molar-refractivity contribution < 1.29 is 44.3 Å². The lowest BCUT2D eigenvalue weighted by atomic mass is 9.96. The molecule has 0 radical (unpaired) electrons. The summed E-state index contributed by atoms with van der Waals surface area (Å²) in [6.45, 7) is 0. The number of Topliss-reactive ketones (excluding diaryl/α,β-unsaturated/α-hetero) is 1. The van der Waals surface area contributed by atoms with Crippen LogP contribution in [-0.2, 0) is 0 Å². The van der Waals surface area contributed by atoms with Crippen molar-refractivity contribution in [3.05, 3.63) is 34.9 Å². The Hall–Kier alpha value is -1.45. The van der Waals surface area contributed by atoms with Crippen molar-refractivity contribution in [3.63, 3.8) is 0 Å². The monoisotopic (exact) mass is 358 g/mol. The molecule has 0 saturated heterocycles. The molecule has 0 aliphatic heterocycles. The number of hydrogen-bond donors (Lipinski definition) is 0. The highest BCUT2D eigenvalue weighted by atomic mass is 35.5. The van der Waals surface area contributed by atoms with E-state index in [0.717, 1.165) is 18.2 Å². The van der Waals surface area contributed by atoms with Gasteiger partial charge in [-0.3, -0.25) is 4.79 Å². The van der Waals surface area contributed by atoms with Gasteiger partial charge >= 0.3 is 23.9 Å². The largest absolute Gasteiger partial charge is 0.460 e. The van der Waals surface area contributed by atoms with Gasteiger partial charge in [-0.05, 0) is 12.1 Å². The first kappa shape index (κ1) is 18.6. The zero-order valence-corrected chi connectivity index (χ0v) is 10.8. The van der Waals surface area contributed by atoms with Crippen LogP contribution in [0.4, 0.5) is 39.5 Å². The van der Waals surface area contributed by atoms with Crippen LogP contribution < -0.4 is 0 Å². The Balaban J connectivity index is 3.40. The second-order valence-electron chi connectivity index (χ2n) is 4.03. The summed E-state index contributed by atoms with van der Waals surface area (Å²) >= 11 is 5.27. The van der Waals surface area contributed by atoms with Gasteiger partial charge in [0.2, 0.25) is 5.78 Å². The van der Waals surface area contributed by atoms with Gasteiger partial charge in [-0.2, -0.15) is 39.5 Å². The van der Waals surface area contributed by atoms with Crippen molar-refractivity contribution in [3.8, 4) is 0 Å². The molecule has 0 atom stereocenters. The minimum atomic E-state index is -7.12. The van der Waals surface area contributed by atoms with E-state index in [0.29, 0.717) is 6.07 Å². The van der Waals surface area contributed by atoms with Gasteiger partial charge in [-0.15, -0.1) is 0 Å². The molecule has 0 bridgehead atoms. The predicted molar refractivity (Wildman–Crippen MR) is 56.7 cm³/mol. The maximum atomic E-state index is 13.3. The summed E-state index contributed by atoms with van der Waals surface area (Å²) in [5, 5.41) is -0.807. The Morgan fingerprint density at radius 2 is 1.27 bits per heavy atom. The lowest BCUT2D eigenvalue weighted by molar-refractivity contribution is -0.386. The lowest BCUT2D eigenvalue weighted by Crippen LogP contribution is -2.63. The fourth-order valence-corrected chi connectivity index (χ4v) is 1.55. The summed E-state index contributed by atoms with van der Waals surface area (Å²) in [5.74, 6) is -23.4. The second-order valence-corrected chi connectivity index (χ2v) is 4.44. The average molecular weight is 359 g/mol. The Bertz CT molecular complexity index is 579. The molecule has 0 N–H and O–H groups in total. The minimum absolute atomic E-state index is 0.486. The maximum absolute atomic E-state index is 13.3. The molecule has 0 unspecified atom stereocenters. The second kappa shape index (κ2) is 5.32. The Morgan fingerprint density at radius 3 is 1.68 bits per heavy atom. The van der Waals surface area contributed by atoms with Crippen LogP contribution >= 0.6 is 11.6 Å². The third-order valence-electron chi connectivity index (χ3n) is 2.55. The van der Waals surface area contributed by atoms with Gasteiger partial charge in [-0.25, -0.2) is 0 Å². The van der Waals surface area contributed by atoms with Crippen molar-refractivity contribution in [1.29, 1.82) is 0 Å². The van der Waals surface area contributed by atoms with Gasteiger partial charge in [0.25, 0.3) is 0 Å². The van der Waals surface area contributed by atoms with Gasteiger partial charge in [0, 0.05) is 5.56 Å². The molecule has 0 spiro atoms. The summed E-state index contributed by atoms with van der Waals surface area (Å²) in [7, 11) is 0. The predicted octanol–water partition coefficient (Wildman–Crippen LogP) is 4.99. The molecule has 1 rings (SSSR count). The molecule has 1 aromatic rings. The zero-order valence-electron chi connectivity index (χ0n) is 10.00. The van der Waals surface area contributed by atoms with E-state index in [1.165, 1.54) is 0 Å². The minimum Gasteiger partial charge on any atom is -0.287 e. The van der Waals surface area contributed by atoms with Crippen LogP contribution in [0, 0.1) is 0 Å². The Kier molecular flexibility index (Phi) is 4.50. The molecule has 1 aromatic carbocycles. The lowest BCUT2D eigenvalue weighted by Gasteiger charge is -2.32. The molecule has 11 heteroatoms. The Labute approximate surface area is 121 Å². The number of hydrogen-bond acceptors (Lipinski definition) is 1. The Morgan fingerprint density at radius 1 is 0.818 bits per heavy atom. The molecular formula is C11H4ClF9O. The number of carbonyl (C=O) groups is 1. The van der Waals surface area contributed by atoms with Crippen LogP contribution in [0.25, 0.3) is 0 Å². The molecule has 1 nitrogen and oxygen atoms in total. The highest BCUT2D eigenvalue weighted by Gasteiger charge is 2.83. The number of carbonyl (C=O) groups excluding carboxylic acids is 1. The number of ketones is 1. The standard InChI is InChI=1S/C11H4ClF9O/c12-6-4-2-1-3-5(6)7(22)8(13,14)9(15,16)10(17,18)11(19,20)21/h1-4H. The van der Waals surface area contributed by atoms with Crippen LogP contribution in [0.3, 0.4) is 0 Å². The van der Waals surface area contributed by atoms with Crippen molar-refractivity contribution >= 4 is 17.4 Å². The third-order valence-corrected chi connectivity index (χ3v) is 2.88. The average Bonchev–Trinajstić information content (AvgIpc) is 2.36. The maximum Gasteiger partial charge on any atom is 0.460 e. The quantitative estimate of drug-likeness (QED) is 0.547. The molecule has 0 aliphatic rings. The summed E-state index contributed by atoms with van der Waals surface area (Å²) in [6.07, 6.45) is -6.99. The molecule has 0 aliphatic carbocycles. The third kappa shape index (κ3) is 2.64. The van der Waals surface area contributed by atoms with Crippen LogP contribution in [0.2, 0.25) is 5.02 Å². The fraction of sp³-hybridized carbons (Fsp3) is 0.364. The molecule has 0 fully saturated rings. The van der Waals surface area contributed by atoms with Crippen LogP contribution in [-0.4, -0.2) is 29.7 Å². The van der Waals surface area contributed by atoms with Crippen molar-refractivity contribution in [1.82, 2.24) is 0 Å². The molecule has 0 aromatic heterocycles. The molecular weight excluding hydrogens is 355 g/mol.